The number of benzene rings is 2. The Hall–Kier alpha value is -3.48. The van der Waals surface area contributed by atoms with Crippen LogP contribution in [0.4, 0.5) is 6.01 Å². The Morgan fingerprint density at radius 3 is 2.27 bits per heavy atom. The van der Waals surface area contributed by atoms with Crippen molar-refractivity contribution in [1.82, 2.24) is 10.2 Å². The van der Waals surface area contributed by atoms with Crippen molar-refractivity contribution in [2.24, 2.45) is 0 Å². The predicted octanol–water partition coefficient (Wildman–Crippen LogP) is 3.81. The van der Waals surface area contributed by atoms with Gasteiger partial charge in [0, 0.05) is 5.56 Å². The highest BCUT2D eigenvalue weighted by atomic mass is 16.4. The number of nitrogens with zero attached hydrogens (tertiary/aromatic N) is 2. The lowest BCUT2D eigenvalue weighted by atomic mass is 10.0. The van der Waals surface area contributed by atoms with E-state index in [-0.39, 0.29) is 23.0 Å². The average molecular weight is 351 g/mol. The summed E-state index contributed by atoms with van der Waals surface area (Å²) in [6.45, 7) is 4.20. The van der Waals surface area contributed by atoms with Gasteiger partial charge in [-0.25, -0.2) is 4.79 Å². The second-order valence-corrected chi connectivity index (χ2v) is 5.99. The van der Waals surface area contributed by atoms with E-state index in [4.69, 9.17) is 9.52 Å². The Labute approximate surface area is 149 Å². The van der Waals surface area contributed by atoms with Gasteiger partial charge >= 0.3 is 12.0 Å². The normalized spacial score (nSPS) is 10.7. The highest BCUT2D eigenvalue weighted by Crippen LogP contribution is 2.23. The molecule has 0 saturated carbocycles. The maximum atomic E-state index is 12.3. The molecular formula is C19H17N3O4. The van der Waals surface area contributed by atoms with E-state index in [2.05, 4.69) is 29.4 Å². The number of hydrogen-bond donors (Lipinski definition) is 2. The van der Waals surface area contributed by atoms with Gasteiger partial charge in [0.05, 0.1) is 11.1 Å². The molecule has 1 heterocycles. The minimum absolute atomic E-state index is 0.0148. The Morgan fingerprint density at radius 1 is 1.00 bits per heavy atom. The lowest BCUT2D eigenvalue weighted by molar-refractivity contribution is 0.0692. The van der Waals surface area contributed by atoms with Crippen LogP contribution in [0.1, 0.15) is 46.0 Å². The van der Waals surface area contributed by atoms with Crippen molar-refractivity contribution in [3.63, 3.8) is 0 Å². The van der Waals surface area contributed by atoms with Crippen molar-refractivity contribution in [2.75, 3.05) is 5.32 Å². The van der Waals surface area contributed by atoms with E-state index in [1.54, 1.807) is 12.1 Å². The topological polar surface area (TPSA) is 105 Å². The number of rotatable bonds is 5. The Morgan fingerprint density at radius 2 is 1.65 bits per heavy atom. The van der Waals surface area contributed by atoms with E-state index in [9.17, 15) is 9.59 Å². The van der Waals surface area contributed by atoms with Crippen molar-refractivity contribution in [3.8, 4) is 11.5 Å². The van der Waals surface area contributed by atoms with Crippen LogP contribution >= 0.6 is 0 Å². The number of carbonyl (C=O) groups excluding carboxylic acids is 1. The van der Waals surface area contributed by atoms with Crippen LogP contribution in [0.3, 0.4) is 0 Å². The smallest absolute Gasteiger partial charge is 0.336 e. The summed E-state index contributed by atoms with van der Waals surface area (Å²) in [4.78, 5) is 23.5. The van der Waals surface area contributed by atoms with Crippen molar-refractivity contribution in [3.05, 3.63) is 65.2 Å². The zero-order valence-corrected chi connectivity index (χ0v) is 14.3. The van der Waals surface area contributed by atoms with Gasteiger partial charge in [-0.2, -0.15) is 0 Å². The predicted molar refractivity (Wildman–Crippen MR) is 95.2 cm³/mol. The monoisotopic (exact) mass is 351 g/mol. The standard InChI is InChI=1S/C19H17N3O4/c1-11(2)12-7-9-13(10-8-12)17-21-22-19(26-17)20-16(23)14-5-3-4-6-15(14)18(24)25/h3-11H,1-2H3,(H,24,25)(H,20,22,23). The highest BCUT2D eigenvalue weighted by molar-refractivity contribution is 6.09. The van der Waals surface area contributed by atoms with E-state index >= 15 is 0 Å². The van der Waals surface area contributed by atoms with E-state index in [1.165, 1.54) is 17.7 Å². The number of anilines is 1. The molecule has 2 aromatic carbocycles. The molecule has 1 amide bonds. The minimum atomic E-state index is -1.19. The Balaban J connectivity index is 1.78. The summed E-state index contributed by atoms with van der Waals surface area (Å²) in [5.41, 5.74) is 1.83. The molecule has 3 rings (SSSR count). The number of aromatic nitrogens is 2. The van der Waals surface area contributed by atoms with Crippen LogP contribution in [0.5, 0.6) is 0 Å². The molecule has 132 valence electrons. The second-order valence-electron chi connectivity index (χ2n) is 5.99. The molecule has 0 saturated heterocycles. The molecule has 0 aliphatic heterocycles. The summed E-state index contributed by atoms with van der Waals surface area (Å²) in [7, 11) is 0. The third-order valence-corrected chi connectivity index (χ3v) is 3.87. The average Bonchev–Trinajstić information content (AvgIpc) is 3.10. The molecule has 0 bridgehead atoms. The van der Waals surface area contributed by atoms with Gasteiger partial charge in [0.2, 0.25) is 5.89 Å². The molecule has 2 N–H and O–H groups in total. The van der Waals surface area contributed by atoms with Gasteiger partial charge < -0.3 is 9.52 Å². The molecule has 0 aliphatic rings. The summed E-state index contributed by atoms with van der Waals surface area (Å²) < 4.78 is 5.46. The van der Waals surface area contributed by atoms with E-state index in [0.29, 0.717) is 5.92 Å². The molecule has 7 heteroatoms. The van der Waals surface area contributed by atoms with Crippen LogP contribution in [0.2, 0.25) is 0 Å². The third-order valence-electron chi connectivity index (χ3n) is 3.87. The van der Waals surface area contributed by atoms with Crippen molar-refractivity contribution >= 4 is 17.9 Å². The Bertz CT molecular complexity index is 945. The van der Waals surface area contributed by atoms with Crippen LogP contribution in [0, 0.1) is 0 Å². The van der Waals surface area contributed by atoms with Gasteiger partial charge in [-0.15, -0.1) is 5.10 Å². The molecule has 7 nitrogen and oxygen atoms in total. The minimum Gasteiger partial charge on any atom is -0.478 e. The molecule has 0 unspecified atom stereocenters. The second kappa shape index (κ2) is 7.18. The number of amides is 1. The third kappa shape index (κ3) is 3.61. The number of carboxylic acids is 1. The molecule has 0 radical (unpaired) electrons. The SMILES string of the molecule is CC(C)c1ccc(-c2nnc(NC(=O)c3ccccc3C(=O)O)o2)cc1. The number of carboxylic acid groups (broad SMARTS) is 1. The van der Waals surface area contributed by atoms with Gasteiger partial charge in [-0.1, -0.05) is 43.2 Å². The largest absolute Gasteiger partial charge is 0.478 e. The maximum Gasteiger partial charge on any atom is 0.336 e. The molecule has 3 aromatic rings. The van der Waals surface area contributed by atoms with Gasteiger partial charge in [0.25, 0.3) is 5.91 Å². The summed E-state index contributed by atoms with van der Waals surface area (Å²) in [6, 6.07) is 13.5. The quantitative estimate of drug-likeness (QED) is 0.724. The van der Waals surface area contributed by atoms with E-state index in [0.717, 1.165) is 5.56 Å². The van der Waals surface area contributed by atoms with Gasteiger partial charge in [0.15, 0.2) is 0 Å². The van der Waals surface area contributed by atoms with Crippen LogP contribution in [0.25, 0.3) is 11.5 Å². The van der Waals surface area contributed by atoms with Crippen molar-refractivity contribution in [2.45, 2.75) is 19.8 Å². The van der Waals surface area contributed by atoms with E-state index in [1.807, 2.05) is 24.3 Å². The zero-order valence-electron chi connectivity index (χ0n) is 14.3. The Kier molecular flexibility index (Phi) is 4.79. The van der Waals surface area contributed by atoms with Gasteiger partial charge in [-0.3, -0.25) is 10.1 Å². The van der Waals surface area contributed by atoms with Crippen molar-refractivity contribution in [1.29, 1.82) is 0 Å². The lowest BCUT2D eigenvalue weighted by Crippen LogP contribution is -2.16. The summed E-state index contributed by atoms with van der Waals surface area (Å²) >= 11 is 0. The molecule has 26 heavy (non-hydrogen) atoms. The lowest BCUT2D eigenvalue weighted by Gasteiger charge is -2.05. The highest BCUT2D eigenvalue weighted by Gasteiger charge is 2.18. The first kappa shape index (κ1) is 17.3. The summed E-state index contributed by atoms with van der Waals surface area (Å²) in [5.74, 6) is -1.14. The summed E-state index contributed by atoms with van der Waals surface area (Å²) in [6.07, 6.45) is 0. The maximum absolute atomic E-state index is 12.3. The van der Waals surface area contributed by atoms with Crippen molar-refractivity contribution < 1.29 is 19.1 Å². The molecule has 0 fully saturated rings. The number of carbonyl (C=O) groups is 2. The van der Waals surface area contributed by atoms with Crippen LogP contribution in [-0.4, -0.2) is 27.2 Å². The zero-order chi connectivity index (χ0) is 18.7. The number of nitrogens with one attached hydrogen (secondary N) is 1. The number of aromatic carboxylic acids is 1. The molecular weight excluding hydrogens is 334 g/mol. The van der Waals surface area contributed by atoms with Crippen LogP contribution < -0.4 is 5.32 Å². The fourth-order valence-electron chi connectivity index (χ4n) is 2.43. The first-order chi connectivity index (χ1) is 12.5. The molecule has 0 spiro atoms. The van der Waals surface area contributed by atoms with Gasteiger partial charge in [0.1, 0.15) is 0 Å². The van der Waals surface area contributed by atoms with Gasteiger partial charge in [-0.05, 0) is 35.7 Å². The fourth-order valence-corrected chi connectivity index (χ4v) is 2.43. The fraction of sp³-hybridized carbons (Fsp3) is 0.158. The van der Waals surface area contributed by atoms with E-state index < -0.39 is 11.9 Å². The molecule has 1 aromatic heterocycles. The summed E-state index contributed by atoms with van der Waals surface area (Å²) in [5, 5.41) is 19.3. The first-order valence-electron chi connectivity index (χ1n) is 8.03. The molecule has 0 atom stereocenters. The van der Waals surface area contributed by atoms with Crippen LogP contribution in [-0.2, 0) is 0 Å². The van der Waals surface area contributed by atoms with Crippen LogP contribution in [0.15, 0.2) is 52.9 Å². The number of hydrogen-bond acceptors (Lipinski definition) is 5. The first-order valence-corrected chi connectivity index (χ1v) is 8.03. The molecule has 0 aliphatic carbocycles.